The normalized spacial score (nSPS) is 13.9. The lowest BCUT2D eigenvalue weighted by atomic mass is 10.4. The van der Waals surface area contributed by atoms with Gasteiger partial charge in [0.25, 0.3) is 0 Å². The van der Waals surface area contributed by atoms with E-state index in [1.54, 1.807) is 10.4 Å². The summed E-state index contributed by atoms with van der Waals surface area (Å²) in [5.74, 6) is 0. The van der Waals surface area contributed by atoms with Crippen molar-refractivity contribution in [2.45, 2.75) is 103 Å². The number of hydrogen-bond acceptors (Lipinski definition) is 2. The van der Waals surface area contributed by atoms with E-state index in [9.17, 15) is 9.59 Å². The average Bonchev–Trinajstić information content (AvgIpc) is 2.90. The summed E-state index contributed by atoms with van der Waals surface area (Å²) in [5, 5.41) is 8.47. The van der Waals surface area contributed by atoms with Crippen LogP contribution in [0.5, 0.6) is 0 Å². The van der Waals surface area contributed by atoms with Crippen LogP contribution in [0, 0.1) is 0 Å². The van der Waals surface area contributed by atoms with Gasteiger partial charge in [-0.1, -0.05) is 170 Å². The van der Waals surface area contributed by atoms with Gasteiger partial charge in [0.05, 0.1) is 32.3 Å². The molecule has 2 N–H and O–H groups in total. The molecule has 0 bridgehead atoms. The molecule has 8 heteroatoms. The Morgan fingerprint density at radius 2 is 0.452 bits per heavy atom. The molecule has 0 saturated heterocycles. The van der Waals surface area contributed by atoms with Gasteiger partial charge in [-0.05, 0) is 36.6 Å². The van der Waals surface area contributed by atoms with Crippen LogP contribution in [0.15, 0.2) is 72.8 Å². The van der Waals surface area contributed by atoms with Crippen LogP contribution in [0.4, 0.5) is 0 Å². The predicted octanol–water partition coefficient (Wildman–Crippen LogP) is 5.56. The van der Waals surface area contributed by atoms with Crippen molar-refractivity contribution in [1.29, 1.82) is 0 Å². The molecular weight excluding hydrogens is 609 g/mol. The van der Waals surface area contributed by atoms with Gasteiger partial charge in [-0.2, -0.15) is 0 Å². The molecule has 0 heterocycles. The van der Waals surface area contributed by atoms with Crippen molar-refractivity contribution >= 4 is 80.1 Å². The van der Waals surface area contributed by atoms with Crippen molar-refractivity contribution in [1.82, 2.24) is 0 Å². The van der Waals surface area contributed by atoms with Crippen molar-refractivity contribution in [2.24, 2.45) is 0 Å². The van der Waals surface area contributed by atoms with Gasteiger partial charge in [-0.3, -0.25) is 0 Å². The van der Waals surface area contributed by atoms with Crippen LogP contribution in [0.25, 0.3) is 0 Å². The third-order valence-electron chi connectivity index (χ3n) is 9.94. The molecular formula is C34H58O2Si6. The Morgan fingerprint density at radius 1 is 0.310 bits per heavy atom. The fourth-order valence-corrected chi connectivity index (χ4v) is 23.3. The molecule has 3 aromatic rings. The van der Waals surface area contributed by atoms with E-state index in [1.165, 1.54) is 34.5 Å². The highest BCUT2D eigenvalue weighted by molar-refractivity contribution is 6.96. The van der Waals surface area contributed by atoms with Crippen molar-refractivity contribution < 1.29 is 9.59 Å². The first kappa shape index (κ1) is 35.4. The summed E-state index contributed by atoms with van der Waals surface area (Å²) < 4.78 is 0. The summed E-state index contributed by atoms with van der Waals surface area (Å²) in [7, 11) is -10.7. The first-order chi connectivity index (χ1) is 19.0. The average molecular weight is 667 g/mol. The maximum Gasteiger partial charge on any atom is 0.213 e. The van der Waals surface area contributed by atoms with Crippen LogP contribution in [0.1, 0.15) is 0 Å². The highest BCUT2D eigenvalue weighted by atomic mass is 28.4. The van der Waals surface area contributed by atoms with E-state index in [0.717, 1.165) is 10.4 Å². The Labute approximate surface area is 264 Å². The van der Waals surface area contributed by atoms with Crippen molar-refractivity contribution in [3.05, 3.63) is 72.8 Å². The molecule has 0 saturated carbocycles. The fourth-order valence-electron chi connectivity index (χ4n) is 5.86. The van der Waals surface area contributed by atoms with E-state index in [2.05, 4.69) is 125 Å². The van der Waals surface area contributed by atoms with Crippen LogP contribution >= 0.6 is 0 Å². The third kappa shape index (κ3) is 8.97. The van der Waals surface area contributed by atoms with E-state index < -0.39 is 48.9 Å². The fraction of sp³-hybridized carbons (Fsp3) is 0.471. The highest BCUT2D eigenvalue weighted by Gasteiger charge is 2.33. The molecule has 3 rings (SSSR count). The maximum atomic E-state index is 10.5. The summed E-state index contributed by atoms with van der Waals surface area (Å²) in [5.41, 5.74) is 0. The van der Waals surface area contributed by atoms with E-state index >= 15 is 0 Å². The molecule has 0 atom stereocenters. The van der Waals surface area contributed by atoms with Crippen LogP contribution in [0.2, 0.25) is 103 Å². The Morgan fingerprint density at radius 3 is 0.595 bits per heavy atom. The lowest BCUT2D eigenvalue weighted by Crippen LogP contribution is -2.49. The Bertz CT molecular complexity index is 1210. The summed E-state index contributed by atoms with van der Waals surface area (Å²) >= 11 is 0. The first-order valence-electron chi connectivity index (χ1n) is 15.8. The molecule has 230 valence electrons. The van der Waals surface area contributed by atoms with Crippen molar-refractivity contribution in [3.63, 3.8) is 0 Å². The van der Waals surface area contributed by atoms with Crippen LogP contribution in [-0.2, 0) is 0 Å². The largest absolute Gasteiger partial charge is 0.428 e. The van der Waals surface area contributed by atoms with Gasteiger partial charge >= 0.3 is 0 Å². The van der Waals surface area contributed by atoms with Crippen molar-refractivity contribution in [3.8, 4) is 0 Å². The molecule has 0 aromatic heterocycles. The lowest BCUT2D eigenvalue weighted by Gasteiger charge is -2.32. The van der Waals surface area contributed by atoms with E-state index in [1.807, 2.05) is 26.2 Å². The Balaban J connectivity index is 1.65. The van der Waals surface area contributed by atoms with E-state index in [-0.39, 0.29) is 0 Å². The SMILES string of the molecule is C[Si](C)(O)c1ccc([Si](C)(C)CC[Si](C)(C)c2ccc([Si](C)(C)CC[Si](C)(C)c3ccc([Si](C)(C)O)cc3)cc2)cc1. The zero-order valence-electron chi connectivity index (χ0n) is 28.7. The van der Waals surface area contributed by atoms with Gasteiger partial charge in [0, 0.05) is 0 Å². The van der Waals surface area contributed by atoms with Gasteiger partial charge in [0.15, 0.2) is 0 Å². The minimum atomic E-state index is -2.24. The third-order valence-corrected chi connectivity index (χ3v) is 28.0. The topological polar surface area (TPSA) is 40.5 Å². The summed E-state index contributed by atoms with van der Waals surface area (Å²) in [4.78, 5) is 21.0. The van der Waals surface area contributed by atoms with Gasteiger partial charge in [-0.15, -0.1) is 0 Å². The zero-order valence-corrected chi connectivity index (χ0v) is 34.7. The Hall–Kier alpha value is -1.12. The zero-order chi connectivity index (χ0) is 31.8. The van der Waals surface area contributed by atoms with E-state index in [0.29, 0.717) is 0 Å². The van der Waals surface area contributed by atoms with Crippen molar-refractivity contribution in [2.75, 3.05) is 0 Å². The van der Waals surface area contributed by atoms with Gasteiger partial charge < -0.3 is 9.59 Å². The molecule has 0 aliphatic rings. The molecule has 0 amide bonds. The number of hydrogen-bond donors (Lipinski definition) is 2. The van der Waals surface area contributed by atoms with E-state index in [4.69, 9.17) is 0 Å². The quantitative estimate of drug-likeness (QED) is 0.249. The molecule has 0 radical (unpaired) electrons. The Kier molecular flexibility index (Phi) is 10.7. The standard InChI is InChI=1S/C34H58O2Si6/c1-37(2,25-27-39(5,6)31-17-21-33(22-18-31)41(9,10)35)29-13-15-30(16-14-29)38(3,4)26-28-40(7,8)32-19-23-34(24-20-32)42(11,12)36/h13-24,35-36H,25-28H2,1-12H3. The summed E-state index contributed by atoms with van der Waals surface area (Å²) in [6, 6.07) is 33.1. The second kappa shape index (κ2) is 12.7. The van der Waals surface area contributed by atoms with Gasteiger partial charge in [0.2, 0.25) is 16.6 Å². The molecule has 0 spiro atoms. The van der Waals surface area contributed by atoms with Crippen LogP contribution in [0.3, 0.4) is 0 Å². The highest BCUT2D eigenvalue weighted by Crippen LogP contribution is 2.23. The smallest absolute Gasteiger partial charge is 0.213 e. The molecule has 0 aliphatic heterocycles. The number of rotatable bonds is 12. The van der Waals surface area contributed by atoms with Crippen LogP contribution in [-0.4, -0.2) is 58.5 Å². The molecule has 2 nitrogen and oxygen atoms in total. The predicted molar refractivity (Wildman–Crippen MR) is 206 cm³/mol. The molecule has 3 aromatic carbocycles. The number of benzene rings is 3. The molecule has 0 aliphatic carbocycles. The lowest BCUT2D eigenvalue weighted by molar-refractivity contribution is 0.567. The summed E-state index contributed by atoms with van der Waals surface area (Å²) in [6.45, 7) is 28.3. The molecule has 42 heavy (non-hydrogen) atoms. The minimum absolute atomic E-state index is 1.13. The van der Waals surface area contributed by atoms with Crippen LogP contribution < -0.4 is 31.1 Å². The molecule has 0 fully saturated rings. The van der Waals surface area contributed by atoms with Gasteiger partial charge in [0.1, 0.15) is 0 Å². The molecule has 0 unspecified atom stereocenters. The monoisotopic (exact) mass is 666 g/mol. The van der Waals surface area contributed by atoms with Gasteiger partial charge in [-0.25, -0.2) is 0 Å². The summed E-state index contributed by atoms with van der Waals surface area (Å²) in [6.07, 6.45) is 0. The second-order valence-electron chi connectivity index (χ2n) is 16.4. The maximum absolute atomic E-state index is 10.5. The first-order valence-corrected chi connectivity index (χ1v) is 34.5. The second-order valence-corrected chi connectivity index (χ2v) is 43.2. The minimum Gasteiger partial charge on any atom is -0.428 e.